The van der Waals surface area contributed by atoms with Crippen molar-refractivity contribution in [1.29, 1.82) is 0 Å². The van der Waals surface area contributed by atoms with Gasteiger partial charge in [0.15, 0.2) is 0 Å². The maximum absolute atomic E-state index is 12.3. The van der Waals surface area contributed by atoms with E-state index in [9.17, 15) is 14.7 Å². The molecule has 2 rings (SSSR count). The highest BCUT2D eigenvalue weighted by Crippen LogP contribution is 2.31. The predicted octanol–water partition coefficient (Wildman–Crippen LogP) is 2.59. The number of hydrogen-bond acceptors (Lipinski definition) is 3. The molecule has 2 amide bonds. The molecule has 0 radical (unpaired) electrons. The van der Waals surface area contributed by atoms with E-state index in [-0.39, 0.29) is 12.6 Å². The Kier molecular flexibility index (Phi) is 4.59. The summed E-state index contributed by atoms with van der Waals surface area (Å²) in [5.74, 6) is -0.131. The number of aliphatic carboxylic acids is 1. The van der Waals surface area contributed by atoms with E-state index >= 15 is 0 Å². The van der Waals surface area contributed by atoms with Crippen LogP contribution in [0.1, 0.15) is 25.8 Å². The van der Waals surface area contributed by atoms with Gasteiger partial charge in [0.05, 0.1) is 12.5 Å². The third-order valence-electron chi connectivity index (χ3n) is 4.20. The number of anilines is 1. The first-order valence-electron chi connectivity index (χ1n) is 7.36. The number of hydrogen-bond donors (Lipinski definition) is 2. The van der Waals surface area contributed by atoms with Crippen LogP contribution in [-0.2, 0) is 11.2 Å². The van der Waals surface area contributed by atoms with Gasteiger partial charge in [-0.05, 0) is 31.4 Å². The molecule has 2 N–H and O–H groups in total. The number of urea groups is 1. The number of nitrogens with zero attached hydrogens (tertiary/aromatic N) is 1. The zero-order valence-corrected chi connectivity index (χ0v) is 13.2. The third kappa shape index (κ3) is 3.16. The molecule has 1 fully saturated rings. The number of carbonyl (C=O) groups excluding carboxylic acids is 1. The molecule has 1 aromatic rings. The molecule has 0 saturated carbocycles. The number of carbonyl (C=O) groups is 2. The molecule has 1 aliphatic rings. The Morgan fingerprint density at radius 3 is 2.73 bits per heavy atom. The summed E-state index contributed by atoms with van der Waals surface area (Å²) in [4.78, 5) is 25.0. The van der Waals surface area contributed by atoms with Gasteiger partial charge in [0.2, 0.25) is 0 Å². The molecule has 1 heterocycles. The van der Waals surface area contributed by atoms with Crippen LogP contribution in [0, 0.1) is 5.41 Å². The molecule has 0 spiro atoms. The van der Waals surface area contributed by atoms with Crippen molar-refractivity contribution in [3.8, 4) is 5.75 Å². The average molecular weight is 306 g/mol. The lowest BCUT2D eigenvalue weighted by molar-refractivity contribution is -0.146. The fourth-order valence-corrected chi connectivity index (χ4v) is 2.63. The van der Waals surface area contributed by atoms with E-state index in [0.29, 0.717) is 18.7 Å². The molecule has 1 aliphatic heterocycles. The first-order valence-corrected chi connectivity index (χ1v) is 7.36. The number of likely N-dealkylation sites (tertiary alicyclic amines) is 1. The minimum atomic E-state index is -0.864. The first-order chi connectivity index (χ1) is 10.4. The summed E-state index contributed by atoms with van der Waals surface area (Å²) in [6.07, 6.45) is 1.31. The second kappa shape index (κ2) is 6.25. The Balaban J connectivity index is 2.05. The smallest absolute Gasteiger partial charge is 0.321 e. The number of nitrogens with one attached hydrogen (secondary N) is 1. The highest BCUT2D eigenvalue weighted by Gasteiger charge is 2.42. The lowest BCUT2D eigenvalue weighted by atomic mass is 9.90. The normalized spacial score (nSPS) is 20.8. The van der Waals surface area contributed by atoms with Crippen LogP contribution in [0.3, 0.4) is 0 Å². The van der Waals surface area contributed by atoms with Gasteiger partial charge in [-0.3, -0.25) is 4.79 Å². The number of amides is 2. The van der Waals surface area contributed by atoms with Crippen LogP contribution in [0.5, 0.6) is 5.75 Å². The summed E-state index contributed by atoms with van der Waals surface area (Å²) in [5, 5.41) is 12.0. The van der Waals surface area contributed by atoms with Crippen LogP contribution in [-0.4, -0.2) is 42.2 Å². The summed E-state index contributed by atoms with van der Waals surface area (Å²) < 4.78 is 5.31. The molecule has 1 saturated heterocycles. The third-order valence-corrected chi connectivity index (χ3v) is 4.20. The van der Waals surface area contributed by atoms with E-state index < -0.39 is 11.4 Å². The number of methoxy groups -OCH3 is 1. The van der Waals surface area contributed by atoms with E-state index in [1.807, 2.05) is 19.1 Å². The largest absolute Gasteiger partial charge is 0.496 e. The Bertz CT molecular complexity index is 588. The Morgan fingerprint density at radius 2 is 2.18 bits per heavy atom. The fraction of sp³-hybridized carbons (Fsp3) is 0.500. The molecule has 1 atom stereocenters. The van der Waals surface area contributed by atoms with Crippen molar-refractivity contribution in [3.63, 3.8) is 0 Å². The minimum absolute atomic E-state index is 0.221. The highest BCUT2D eigenvalue weighted by atomic mass is 16.5. The number of aryl methyl sites for hydroxylation is 1. The van der Waals surface area contributed by atoms with Gasteiger partial charge in [-0.2, -0.15) is 0 Å². The van der Waals surface area contributed by atoms with E-state index in [2.05, 4.69) is 5.32 Å². The minimum Gasteiger partial charge on any atom is -0.496 e. The second-order valence-corrected chi connectivity index (χ2v) is 5.85. The quantitative estimate of drug-likeness (QED) is 0.896. The van der Waals surface area contributed by atoms with Gasteiger partial charge in [0, 0.05) is 24.8 Å². The topological polar surface area (TPSA) is 78.9 Å². The number of carboxylic acids is 1. The molecule has 0 aliphatic carbocycles. The van der Waals surface area contributed by atoms with Crippen LogP contribution in [0.4, 0.5) is 10.5 Å². The van der Waals surface area contributed by atoms with Gasteiger partial charge >= 0.3 is 12.0 Å². The molecular weight excluding hydrogens is 284 g/mol. The van der Waals surface area contributed by atoms with Crippen LogP contribution < -0.4 is 10.1 Å². The highest BCUT2D eigenvalue weighted by molar-refractivity contribution is 5.90. The van der Waals surface area contributed by atoms with Gasteiger partial charge in [0.1, 0.15) is 5.75 Å². The maximum Gasteiger partial charge on any atom is 0.321 e. The van der Waals surface area contributed by atoms with Gasteiger partial charge < -0.3 is 20.1 Å². The van der Waals surface area contributed by atoms with Crippen molar-refractivity contribution in [1.82, 2.24) is 4.90 Å². The SMILES string of the molecule is CCc1ccc(NC(=O)N2CCC(C)(C(=O)O)C2)cc1OC. The molecule has 22 heavy (non-hydrogen) atoms. The number of carboxylic acid groups (broad SMARTS) is 1. The number of rotatable bonds is 4. The summed E-state index contributed by atoms with van der Waals surface area (Å²) >= 11 is 0. The van der Waals surface area contributed by atoms with Gasteiger partial charge in [-0.1, -0.05) is 13.0 Å². The van der Waals surface area contributed by atoms with Crippen molar-refractivity contribution in [2.75, 3.05) is 25.5 Å². The van der Waals surface area contributed by atoms with Crippen LogP contribution in [0.25, 0.3) is 0 Å². The molecule has 0 bridgehead atoms. The van der Waals surface area contributed by atoms with Crippen LogP contribution >= 0.6 is 0 Å². The van der Waals surface area contributed by atoms with Gasteiger partial charge in [0.25, 0.3) is 0 Å². The molecule has 1 unspecified atom stereocenters. The van der Waals surface area contributed by atoms with Crippen molar-refractivity contribution in [3.05, 3.63) is 23.8 Å². The van der Waals surface area contributed by atoms with E-state index in [1.54, 1.807) is 20.1 Å². The van der Waals surface area contributed by atoms with Crippen molar-refractivity contribution < 1.29 is 19.4 Å². The standard InChI is InChI=1S/C16H22N2O4/c1-4-11-5-6-12(9-13(11)22-3)17-15(21)18-8-7-16(2,10-18)14(19)20/h5-6,9H,4,7-8,10H2,1-3H3,(H,17,21)(H,19,20). The van der Waals surface area contributed by atoms with Gasteiger partial charge in [-0.15, -0.1) is 0 Å². The molecule has 0 aromatic heterocycles. The summed E-state index contributed by atoms with van der Waals surface area (Å²) in [7, 11) is 1.60. The van der Waals surface area contributed by atoms with Crippen molar-refractivity contribution in [2.24, 2.45) is 5.41 Å². The Morgan fingerprint density at radius 1 is 1.45 bits per heavy atom. The monoisotopic (exact) mass is 306 g/mol. The molecule has 120 valence electrons. The first kappa shape index (κ1) is 16.1. The fourth-order valence-electron chi connectivity index (χ4n) is 2.63. The van der Waals surface area contributed by atoms with E-state index in [1.165, 1.54) is 4.90 Å². The van der Waals surface area contributed by atoms with Crippen LogP contribution in [0.15, 0.2) is 18.2 Å². The average Bonchev–Trinajstić information content (AvgIpc) is 2.91. The summed E-state index contributed by atoms with van der Waals surface area (Å²) in [6, 6.07) is 5.24. The van der Waals surface area contributed by atoms with Gasteiger partial charge in [-0.25, -0.2) is 4.79 Å². The van der Waals surface area contributed by atoms with E-state index in [4.69, 9.17) is 4.74 Å². The van der Waals surface area contributed by atoms with Crippen molar-refractivity contribution >= 4 is 17.7 Å². The van der Waals surface area contributed by atoms with Crippen molar-refractivity contribution in [2.45, 2.75) is 26.7 Å². The molecule has 6 heteroatoms. The Hall–Kier alpha value is -2.24. The zero-order valence-electron chi connectivity index (χ0n) is 13.2. The number of benzene rings is 1. The lowest BCUT2D eigenvalue weighted by Crippen LogP contribution is -2.37. The predicted molar refractivity (Wildman–Crippen MR) is 83.3 cm³/mol. The maximum atomic E-state index is 12.3. The zero-order chi connectivity index (χ0) is 16.3. The Labute approximate surface area is 130 Å². The van der Waals surface area contributed by atoms with Crippen LogP contribution in [0.2, 0.25) is 0 Å². The van der Waals surface area contributed by atoms with E-state index in [0.717, 1.165) is 17.7 Å². The summed E-state index contributed by atoms with van der Waals surface area (Å²) in [5.41, 5.74) is 0.851. The summed E-state index contributed by atoms with van der Waals surface area (Å²) in [6.45, 7) is 4.37. The second-order valence-electron chi connectivity index (χ2n) is 5.85. The lowest BCUT2D eigenvalue weighted by Gasteiger charge is -2.21. The molecule has 1 aromatic carbocycles. The molecule has 6 nitrogen and oxygen atoms in total. The molecular formula is C16H22N2O4. The number of ether oxygens (including phenoxy) is 1.